The molecule has 9 nitrogen and oxygen atoms in total. The van der Waals surface area contributed by atoms with Crippen molar-refractivity contribution in [2.45, 2.75) is 45.5 Å². The van der Waals surface area contributed by atoms with Crippen molar-refractivity contribution in [3.8, 4) is 28.9 Å². The maximum absolute atomic E-state index is 12.9. The first-order valence-corrected chi connectivity index (χ1v) is 11.3. The van der Waals surface area contributed by atoms with Gasteiger partial charge in [-0.3, -0.25) is 0 Å². The van der Waals surface area contributed by atoms with Crippen LogP contribution in [-0.2, 0) is 11.0 Å². The Bertz CT molecular complexity index is 1200. The second-order valence-electron chi connectivity index (χ2n) is 8.73. The number of nitrogens with zero attached hydrogens (tertiary/aromatic N) is 3. The van der Waals surface area contributed by atoms with Crippen LogP contribution in [-0.4, -0.2) is 50.9 Å². The third kappa shape index (κ3) is 7.95. The molecule has 3 aromatic rings. The molecule has 2 N–H and O–H groups in total. The first kappa shape index (κ1) is 27.5. The Morgan fingerprint density at radius 1 is 0.919 bits per heavy atom. The predicted octanol–water partition coefficient (Wildman–Crippen LogP) is 5.08. The fourth-order valence-electron chi connectivity index (χ4n) is 2.92. The second kappa shape index (κ2) is 11.3. The van der Waals surface area contributed by atoms with E-state index in [2.05, 4.69) is 20.3 Å². The number of carbonyl (C=O) groups is 1. The molecule has 37 heavy (non-hydrogen) atoms. The van der Waals surface area contributed by atoms with Crippen molar-refractivity contribution in [3.05, 3.63) is 54.1 Å². The van der Waals surface area contributed by atoms with E-state index in [0.29, 0.717) is 17.1 Å². The zero-order valence-corrected chi connectivity index (χ0v) is 20.7. The molecular weight excluding hydrogens is 493 g/mol. The van der Waals surface area contributed by atoms with Crippen molar-refractivity contribution in [1.82, 2.24) is 15.0 Å². The Morgan fingerprint density at radius 2 is 1.51 bits per heavy atom. The Kier molecular flexibility index (Phi) is 8.41. The van der Waals surface area contributed by atoms with Crippen LogP contribution in [0, 0.1) is 0 Å². The monoisotopic (exact) mass is 520 g/mol. The summed E-state index contributed by atoms with van der Waals surface area (Å²) in [5.41, 5.74) is -1.77. The first-order chi connectivity index (χ1) is 17.3. The van der Waals surface area contributed by atoms with Gasteiger partial charge in [-0.15, -0.1) is 0 Å². The lowest BCUT2D eigenvalue weighted by atomic mass is 10.1. The number of alkyl halides is 3. The quantitative estimate of drug-likeness (QED) is 0.334. The van der Waals surface area contributed by atoms with E-state index in [4.69, 9.17) is 19.3 Å². The molecule has 0 aliphatic carbocycles. The molecule has 0 atom stereocenters. The molecule has 0 saturated heterocycles. The minimum atomic E-state index is -4.45. The molecular formula is C25H27F3N4O5. The van der Waals surface area contributed by atoms with E-state index in [1.165, 1.54) is 26.0 Å². The van der Waals surface area contributed by atoms with E-state index in [-0.39, 0.29) is 37.0 Å². The van der Waals surface area contributed by atoms with E-state index >= 15 is 0 Å². The molecule has 2 aromatic carbocycles. The standard InChI is InChI=1S/C25H27F3N4O5/c1-15(2)29-22-30-20(16-5-7-17(8-6-16)25(26,27)28)31-23(32-22)36-14-13-35-18-9-11-19(12-10-18)37-24(3,4)21(33)34/h5-12,15H,13-14H2,1-4H3,(H,33,34)(H,29,30,31,32). The first-order valence-electron chi connectivity index (χ1n) is 11.3. The van der Waals surface area contributed by atoms with Gasteiger partial charge < -0.3 is 24.6 Å². The summed E-state index contributed by atoms with van der Waals surface area (Å²) in [5.74, 6) is 0.171. The molecule has 198 valence electrons. The summed E-state index contributed by atoms with van der Waals surface area (Å²) in [4.78, 5) is 23.9. The summed E-state index contributed by atoms with van der Waals surface area (Å²) >= 11 is 0. The third-order valence-electron chi connectivity index (χ3n) is 4.80. The van der Waals surface area contributed by atoms with Crippen LogP contribution in [0.4, 0.5) is 19.1 Å². The number of carboxylic acid groups (broad SMARTS) is 1. The Balaban J connectivity index is 1.64. The van der Waals surface area contributed by atoms with Gasteiger partial charge in [-0.1, -0.05) is 12.1 Å². The van der Waals surface area contributed by atoms with Crippen LogP contribution < -0.4 is 19.5 Å². The summed E-state index contributed by atoms with van der Waals surface area (Å²) in [5, 5.41) is 12.2. The zero-order valence-electron chi connectivity index (χ0n) is 20.7. The highest BCUT2D eigenvalue weighted by atomic mass is 19.4. The van der Waals surface area contributed by atoms with Crippen molar-refractivity contribution < 1.29 is 37.3 Å². The average Bonchev–Trinajstić information content (AvgIpc) is 2.81. The fraction of sp³-hybridized carbons (Fsp3) is 0.360. The molecule has 0 saturated carbocycles. The van der Waals surface area contributed by atoms with Crippen molar-refractivity contribution in [2.75, 3.05) is 18.5 Å². The number of anilines is 1. The number of benzene rings is 2. The molecule has 0 fully saturated rings. The van der Waals surface area contributed by atoms with Crippen LogP contribution >= 0.6 is 0 Å². The van der Waals surface area contributed by atoms with Gasteiger partial charge in [0.15, 0.2) is 11.4 Å². The van der Waals surface area contributed by atoms with Gasteiger partial charge in [0.1, 0.15) is 24.7 Å². The zero-order chi connectivity index (χ0) is 27.2. The van der Waals surface area contributed by atoms with Gasteiger partial charge in [0, 0.05) is 11.6 Å². The number of ether oxygens (including phenoxy) is 3. The number of aromatic nitrogens is 3. The molecule has 1 heterocycles. The number of aliphatic carboxylic acids is 1. The maximum Gasteiger partial charge on any atom is 0.416 e. The SMILES string of the molecule is CC(C)Nc1nc(OCCOc2ccc(OC(C)(C)C(=O)O)cc2)nc(-c2ccc(C(F)(F)F)cc2)n1. The van der Waals surface area contributed by atoms with Gasteiger partial charge in [0.2, 0.25) is 5.95 Å². The van der Waals surface area contributed by atoms with Gasteiger partial charge >= 0.3 is 18.2 Å². The van der Waals surface area contributed by atoms with Crippen LogP contribution in [0.5, 0.6) is 17.5 Å². The predicted molar refractivity (Wildman–Crippen MR) is 129 cm³/mol. The van der Waals surface area contributed by atoms with Gasteiger partial charge in [-0.25, -0.2) is 4.79 Å². The molecule has 0 unspecified atom stereocenters. The smallest absolute Gasteiger partial charge is 0.416 e. The highest BCUT2D eigenvalue weighted by molar-refractivity contribution is 5.76. The molecule has 0 radical (unpaired) electrons. The van der Waals surface area contributed by atoms with Crippen LogP contribution in [0.15, 0.2) is 48.5 Å². The maximum atomic E-state index is 12.9. The lowest BCUT2D eigenvalue weighted by molar-refractivity contribution is -0.152. The second-order valence-corrected chi connectivity index (χ2v) is 8.73. The molecule has 0 aliphatic heterocycles. The minimum absolute atomic E-state index is 0.00735. The summed E-state index contributed by atoms with van der Waals surface area (Å²) in [6, 6.07) is 10.9. The summed E-state index contributed by atoms with van der Waals surface area (Å²) in [6.07, 6.45) is -4.45. The van der Waals surface area contributed by atoms with Gasteiger partial charge in [-0.2, -0.15) is 28.1 Å². The van der Waals surface area contributed by atoms with E-state index in [9.17, 15) is 18.0 Å². The number of hydrogen-bond acceptors (Lipinski definition) is 8. The van der Waals surface area contributed by atoms with Crippen molar-refractivity contribution in [3.63, 3.8) is 0 Å². The van der Waals surface area contributed by atoms with E-state index in [0.717, 1.165) is 12.1 Å². The lowest BCUT2D eigenvalue weighted by Gasteiger charge is -2.21. The van der Waals surface area contributed by atoms with E-state index in [1.54, 1.807) is 24.3 Å². The molecule has 0 spiro atoms. The topological polar surface area (TPSA) is 116 Å². The molecule has 0 aliphatic rings. The minimum Gasteiger partial charge on any atom is -0.490 e. The highest BCUT2D eigenvalue weighted by Crippen LogP contribution is 2.30. The Labute approximate surface area is 211 Å². The van der Waals surface area contributed by atoms with Gasteiger partial charge in [-0.05, 0) is 64.1 Å². The van der Waals surface area contributed by atoms with Crippen LogP contribution in [0.3, 0.4) is 0 Å². The number of hydrogen-bond donors (Lipinski definition) is 2. The fourth-order valence-corrected chi connectivity index (χ4v) is 2.92. The van der Waals surface area contributed by atoms with Crippen LogP contribution in [0.1, 0.15) is 33.3 Å². The van der Waals surface area contributed by atoms with Crippen LogP contribution in [0.25, 0.3) is 11.4 Å². The normalized spacial score (nSPS) is 11.8. The summed E-state index contributed by atoms with van der Waals surface area (Å²) in [6.45, 7) is 6.87. The number of nitrogens with one attached hydrogen (secondary N) is 1. The summed E-state index contributed by atoms with van der Waals surface area (Å²) in [7, 11) is 0. The van der Waals surface area contributed by atoms with Gasteiger partial charge in [0.05, 0.1) is 5.56 Å². The third-order valence-corrected chi connectivity index (χ3v) is 4.80. The lowest BCUT2D eigenvalue weighted by Crippen LogP contribution is -2.37. The number of carboxylic acids is 1. The summed E-state index contributed by atoms with van der Waals surface area (Å²) < 4.78 is 55.4. The average molecular weight is 521 g/mol. The van der Waals surface area contributed by atoms with Gasteiger partial charge in [0.25, 0.3) is 0 Å². The Morgan fingerprint density at radius 3 is 2.08 bits per heavy atom. The highest BCUT2D eigenvalue weighted by Gasteiger charge is 2.30. The molecule has 0 bridgehead atoms. The molecule has 12 heteroatoms. The number of rotatable bonds is 11. The van der Waals surface area contributed by atoms with Crippen molar-refractivity contribution >= 4 is 11.9 Å². The molecule has 3 rings (SSSR count). The van der Waals surface area contributed by atoms with Crippen molar-refractivity contribution in [2.24, 2.45) is 0 Å². The van der Waals surface area contributed by atoms with E-state index < -0.39 is 23.3 Å². The van der Waals surface area contributed by atoms with E-state index in [1.807, 2.05) is 13.8 Å². The molecule has 0 amide bonds. The Hall–Kier alpha value is -4.09. The molecule has 1 aromatic heterocycles. The van der Waals surface area contributed by atoms with Crippen LogP contribution in [0.2, 0.25) is 0 Å². The van der Waals surface area contributed by atoms with Crippen molar-refractivity contribution in [1.29, 1.82) is 0 Å². The number of halogens is 3. The largest absolute Gasteiger partial charge is 0.490 e.